The molecule has 1 aliphatic rings. The molecule has 1 aromatic carbocycles. The van der Waals surface area contributed by atoms with E-state index in [4.69, 9.17) is 9.47 Å². The largest absolute Gasteiger partial charge is 0.496 e. The molecule has 0 atom stereocenters. The van der Waals surface area contributed by atoms with Gasteiger partial charge >= 0.3 is 5.97 Å². The molecular weight excluding hydrogens is 278 g/mol. The Morgan fingerprint density at radius 2 is 1.95 bits per heavy atom. The fourth-order valence-electron chi connectivity index (χ4n) is 2.03. The van der Waals surface area contributed by atoms with Crippen molar-refractivity contribution in [2.45, 2.75) is 19.3 Å². The Morgan fingerprint density at radius 1 is 1.29 bits per heavy atom. The zero-order valence-corrected chi connectivity index (χ0v) is 12.0. The lowest BCUT2D eigenvalue weighted by Gasteiger charge is -2.15. The molecule has 7 heteroatoms. The van der Waals surface area contributed by atoms with Crippen LogP contribution in [0, 0.1) is 15.5 Å². The van der Waals surface area contributed by atoms with Gasteiger partial charge in [0, 0.05) is 11.5 Å². The summed E-state index contributed by atoms with van der Waals surface area (Å²) in [5, 5.41) is 10.9. The van der Waals surface area contributed by atoms with Gasteiger partial charge in [0.05, 0.1) is 44.3 Å². The van der Waals surface area contributed by atoms with Gasteiger partial charge in [-0.15, -0.1) is 0 Å². The van der Waals surface area contributed by atoms with Crippen molar-refractivity contribution in [2.24, 2.45) is 5.41 Å². The van der Waals surface area contributed by atoms with Gasteiger partial charge < -0.3 is 14.2 Å². The van der Waals surface area contributed by atoms with Gasteiger partial charge in [-0.1, -0.05) is 0 Å². The second kappa shape index (κ2) is 5.99. The van der Waals surface area contributed by atoms with E-state index in [2.05, 4.69) is 4.74 Å². The molecule has 1 aromatic rings. The molecule has 0 saturated heterocycles. The van der Waals surface area contributed by atoms with Crippen LogP contribution in [-0.4, -0.2) is 31.7 Å². The van der Waals surface area contributed by atoms with Gasteiger partial charge in [0.2, 0.25) is 0 Å². The highest BCUT2D eigenvalue weighted by Crippen LogP contribution is 2.49. The Balaban J connectivity index is 2.04. The van der Waals surface area contributed by atoms with E-state index >= 15 is 0 Å². The van der Waals surface area contributed by atoms with Gasteiger partial charge in [0.15, 0.2) is 0 Å². The molecule has 114 valence electrons. The number of hydrogen-bond donors (Lipinski definition) is 0. The first kappa shape index (κ1) is 15.1. The van der Waals surface area contributed by atoms with Crippen molar-refractivity contribution in [1.29, 1.82) is 0 Å². The summed E-state index contributed by atoms with van der Waals surface area (Å²) < 4.78 is 15.3. The van der Waals surface area contributed by atoms with Crippen LogP contribution in [0.1, 0.15) is 19.3 Å². The predicted octanol–water partition coefficient (Wildman–Crippen LogP) is 2.33. The number of esters is 1. The summed E-state index contributed by atoms with van der Waals surface area (Å²) in [7, 11) is 2.78. The van der Waals surface area contributed by atoms with E-state index in [1.165, 1.54) is 26.4 Å². The highest BCUT2D eigenvalue weighted by molar-refractivity contribution is 5.70. The Morgan fingerprint density at radius 3 is 2.48 bits per heavy atom. The molecular formula is C14H17NO6. The molecule has 1 fully saturated rings. The number of non-ortho nitro benzene ring substituents is 1. The monoisotopic (exact) mass is 295 g/mol. The highest BCUT2D eigenvalue weighted by Gasteiger charge is 2.45. The quantitative estimate of drug-likeness (QED) is 0.436. The van der Waals surface area contributed by atoms with Crippen molar-refractivity contribution in [1.82, 2.24) is 0 Å². The fraction of sp³-hybridized carbons (Fsp3) is 0.500. The van der Waals surface area contributed by atoms with E-state index in [9.17, 15) is 14.9 Å². The topological polar surface area (TPSA) is 87.9 Å². The van der Waals surface area contributed by atoms with Crippen molar-refractivity contribution in [3.8, 4) is 11.5 Å². The first-order valence-corrected chi connectivity index (χ1v) is 6.51. The third-order valence-electron chi connectivity index (χ3n) is 3.56. The van der Waals surface area contributed by atoms with Crippen molar-refractivity contribution in [2.75, 3.05) is 20.8 Å². The first-order chi connectivity index (χ1) is 9.98. The molecule has 21 heavy (non-hydrogen) atoms. The smallest absolute Gasteiger partial charge is 0.306 e. The Hall–Kier alpha value is -2.31. The standard InChI is InChI=1S/C14H17NO6/c1-19-11-5-10(15(17)18)6-12(7-11)21-9-14(3-4-14)8-13(16)20-2/h5-7H,3-4,8-9H2,1-2H3. The summed E-state index contributed by atoms with van der Waals surface area (Å²) in [6.07, 6.45) is 2.07. The van der Waals surface area contributed by atoms with Gasteiger partial charge in [-0.3, -0.25) is 14.9 Å². The number of ether oxygens (including phenoxy) is 3. The van der Waals surface area contributed by atoms with Crippen LogP contribution in [0.2, 0.25) is 0 Å². The number of hydrogen-bond acceptors (Lipinski definition) is 6. The number of rotatable bonds is 7. The number of methoxy groups -OCH3 is 2. The third kappa shape index (κ3) is 3.84. The summed E-state index contributed by atoms with van der Waals surface area (Å²) >= 11 is 0. The van der Waals surface area contributed by atoms with Crippen LogP contribution in [0.15, 0.2) is 18.2 Å². The second-order valence-corrected chi connectivity index (χ2v) is 5.17. The number of nitrogens with zero attached hydrogens (tertiary/aromatic N) is 1. The van der Waals surface area contributed by atoms with E-state index in [0.29, 0.717) is 24.5 Å². The van der Waals surface area contributed by atoms with E-state index < -0.39 is 4.92 Å². The minimum atomic E-state index is -0.503. The van der Waals surface area contributed by atoms with Crippen molar-refractivity contribution in [3.05, 3.63) is 28.3 Å². The summed E-state index contributed by atoms with van der Waals surface area (Å²) in [4.78, 5) is 21.7. The maximum absolute atomic E-state index is 11.3. The van der Waals surface area contributed by atoms with Crippen LogP contribution in [0.4, 0.5) is 5.69 Å². The number of benzene rings is 1. The van der Waals surface area contributed by atoms with Gasteiger partial charge in [-0.2, -0.15) is 0 Å². The molecule has 0 unspecified atom stereocenters. The van der Waals surface area contributed by atoms with Crippen LogP contribution in [0.3, 0.4) is 0 Å². The first-order valence-electron chi connectivity index (χ1n) is 6.51. The van der Waals surface area contributed by atoms with Gasteiger partial charge in [0.1, 0.15) is 11.5 Å². The van der Waals surface area contributed by atoms with Gasteiger partial charge in [-0.05, 0) is 12.8 Å². The summed E-state index contributed by atoms with van der Waals surface area (Å²) in [6.45, 7) is 0.326. The van der Waals surface area contributed by atoms with Crippen LogP contribution >= 0.6 is 0 Å². The molecule has 0 amide bonds. The summed E-state index contributed by atoms with van der Waals surface area (Å²) in [5.74, 6) is 0.446. The van der Waals surface area contributed by atoms with E-state index in [1.807, 2.05) is 0 Å². The zero-order valence-electron chi connectivity index (χ0n) is 12.0. The van der Waals surface area contributed by atoms with E-state index in [0.717, 1.165) is 12.8 Å². The third-order valence-corrected chi connectivity index (χ3v) is 3.56. The Labute approximate surface area is 122 Å². The predicted molar refractivity (Wildman–Crippen MR) is 73.4 cm³/mol. The summed E-state index contributed by atoms with van der Waals surface area (Å²) in [6, 6.07) is 4.26. The maximum Gasteiger partial charge on any atom is 0.306 e. The number of carbonyl (C=O) groups excluding carboxylic acids is 1. The van der Waals surface area contributed by atoms with Gasteiger partial charge in [0.25, 0.3) is 5.69 Å². The number of carbonyl (C=O) groups is 1. The van der Waals surface area contributed by atoms with Crippen molar-refractivity contribution in [3.63, 3.8) is 0 Å². The maximum atomic E-state index is 11.3. The van der Waals surface area contributed by atoms with Gasteiger partial charge in [-0.25, -0.2) is 0 Å². The molecule has 7 nitrogen and oxygen atoms in total. The van der Waals surface area contributed by atoms with Crippen LogP contribution in [0.5, 0.6) is 11.5 Å². The van der Waals surface area contributed by atoms with Crippen LogP contribution in [-0.2, 0) is 9.53 Å². The molecule has 1 saturated carbocycles. The lowest BCUT2D eigenvalue weighted by atomic mass is 10.0. The summed E-state index contributed by atoms with van der Waals surface area (Å²) in [5.41, 5.74) is -0.299. The minimum absolute atomic E-state index is 0.0952. The molecule has 0 aromatic heterocycles. The zero-order chi connectivity index (χ0) is 15.5. The minimum Gasteiger partial charge on any atom is -0.496 e. The SMILES string of the molecule is COC(=O)CC1(COc2cc(OC)cc([N+](=O)[O-])c2)CC1. The molecule has 1 aliphatic carbocycles. The fourth-order valence-corrected chi connectivity index (χ4v) is 2.03. The normalized spacial score (nSPS) is 15.1. The molecule has 2 rings (SSSR count). The number of nitro groups is 1. The molecule has 0 aliphatic heterocycles. The van der Waals surface area contributed by atoms with E-state index in [-0.39, 0.29) is 17.1 Å². The second-order valence-electron chi connectivity index (χ2n) is 5.17. The lowest BCUT2D eigenvalue weighted by molar-refractivity contribution is -0.385. The van der Waals surface area contributed by atoms with Crippen LogP contribution in [0.25, 0.3) is 0 Å². The van der Waals surface area contributed by atoms with Crippen molar-refractivity contribution >= 4 is 11.7 Å². The van der Waals surface area contributed by atoms with E-state index in [1.54, 1.807) is 6.07 Å². The average molecular weight is 295 g/mol. The molecule has 0 spiro atoms. The lowest BCUT2D eigenvalue weighted by Crippen LogP contribution is -2.18. The molecule has 0 bridgehead atoms. The van der Waals surface area contributed by atoms with Crippen LogP contribution < -0.4 is 9.47 Å². The molecule has 0 heterocycles. The Kier molecular flexibility index (Phi) is 4.30. The highest BCUT2D eigenvalue weighted by atomic mass is 16.6. The molecule has 0 radical (unpaired) electrons. The molecule has 0 N–H and O–H groups in total. The Bertz CT molecular complexity index is 552. The van der Waals surface area contributed by atoms with Crippen molar-refractivity contribution < 1.29 is 23.9 Å². The number of nitro benzene ring substituents is 1. The average Bonchev–Trinajstić information content (AvgIpc) is 3.24.